The van der Waals surface area contributed by atoms with Crippen molar-refractivity contribution < 1.29 is 9.90 Å². The molecule has 0 bridgehead atoms. The van der Waals surface area contributed by atoms with Crippen LogP contribution in [0.25, 0.3) is 5.69 Å². The summed E-state index contributed by atoms with van der Waals surface area (Å²) in [6.07, 6.45) is 2.33. The van der Waals surface area contributed by atoms with Gasteiger partial charge in [0.15, 0.2) is 0 Å². The van der Waals surface area contributed by atoms with Gasteiger partial charge in [-0.05, 0) is 30.7 Å². The van der Waals surface area contributed by atoms with Gasteiger partial charge >= 0.3 is 5.97 Å². The lowest BCUT2D eigenvalue weighted by molar-refractivity contribution is -0.136. The molecule has 0 saturated heterocycles. The Kier molecular flexibility index (Phi) is 3.67. The highest BCUT2D eigenvalue weighted by molar-refractivity contribution is 6.31. The van der Waals surface area contributed by atoms with Gasteiger partial charge in [0, 0.05) is 17.6 Å². The van der Waals surface area contributed by atoms with Gasteiger partial charge in [-0.15, -0.1) is 0 Å². The van der Waals surface area contributed by atoms with Gasteiger partial charge in [-0.2, -0.15) is 5.10 Å². The van der Waals surface area contributed by atoms with Crippen LogP contribution in [0.4, 0.5) is 0 Å². The van der Waals surface area contributed by atoms with E-state index >= 15 is 0 Å². The molecule has 0 unspecified atom stereocenters. The Morgan fingerprint density at radius 3 is 2.89 bits per heavy atom. The number of benzene rings is 1. The summed E-state index contributed by atoms with van der Waals surface area (Å²) in [6, 6.07) is 7.51. The number of halogens is 1. The van der Waals surface area contributed by atoms with Crippen LogP contribution < -0.4 is 0 Å². The van der Waals surface area contributed by atoms with Crippen LogP contribution in [-0.4, -0.2) is 20.9 Å². The van der Waals surface area contributed by atoms with Crippen molar-refractivity contribution >= 4 is 17.6 Å². The normalized spacial score (nSPS) is 10.6. The summed E-state index contributed by atoms with van der Waals surface area (Å²) in [5, 5.41) is 13.6. The monoisotopic (exact) mass is 264 g/mol. The number of carbonyl (C=O) groups is 1. The van der Waals surface area contributed by atoms with Crippen molar-refractivity contribution in [2.75, 3.05) is 0 Å². The van der Waals surface area contributed by atoms with Crippen molar-refractivity contribution in [1.82, 2.24) is 9.78 Å². The molecule has 4 nitrogen and oxygen atoms in total. The van der Waals surface area contributed by atoms with E-state index in [9.17, 15) is 4.79 Å². The molecule has 2 rings (SSSR count). The van der Waals surface area contributed by atoms with E-state index in [-0.39, 0.29) is 6.42 Å². The third kappa shape index (κ3) is 2.90. The fraction of sp³-hybridized carbons (Fsp3) is 0.231. The zero-order chi connectivity index (χ0) is 13.1. The van der Waals surface area contributed by atoms with Crippen LogP contribution in [0.2, 0.25) is 5.02 Å². The third-order valence-electron chi connectivity index (χ3n) is 2.66. The first kappa shape index (κ1) is 12.6. The van der Waals surface area contributed by atoms with Gasteiger partial charge in [0.05, 0.1) is 17.8 Å². The quantitative estimate of drug-likeness (QED) is 0.924. The molecule has 1 N–H and O–H groups in total. The van der Waals surface area contributed by atoms with Gasteiger partial charge in [0.1, 0.15) is 0 Å². The highest BCUT2D eigenvalue weighted by Crippen LogP contribution is 2.19. The summed E-state index contributed by atoms with van der Waals surface area (Å²) in [5.74, 6) is -0.817. The molecular weight excluding hydrogens is 252 g/mol. The van der Waals surface area contributed by atoms with Crippen LogP contribution in [0.15, 0.2) is 30.5 Å². The lowest BCUT2D eigenvalue weighted by atomic mass is 10.2. The fourth-order valence-electron chi connectivity index (χ4n) is 1.60. The Balaban J connectivity index is 2.18. The number of nitrogens with zero attached hydrogens (tertiary/aromatic N) is 2. The summed E-state index contributed by atoms with van der Waals surface area (Å²) >= 11 is 6.05. The highest BCUT2D eigenvalue weighted by Gasteiger charge is 2.05. The number of rotatable bonds is 4. The third-order valence-corrected chi connectivity index (χ3v) is 3.07. The van der Waals surface area contributed by atoms with Crippen molar-refractivity contribution in [1.29, 1.82) is 0 Å². The van der Waals surface area contributed by atoms with E-state index in [0.717, 1.165) is 16.9 Å². The van der Waals surface area contributed by atoms with Crippen molar-refractivity contribution in [3.05, 3.63) is 46.7 Å². The minimum Gasteiger partial charge on any atom is -0.481 e. The lowest BCUT2D eigenvalue weighted by Crippen LogP contribution is -2.00. The van der Waals surface area contributed by atoms with Gasteiger partial charge in [0.2, 0.25) is 0 Å². The maximum absolute atomic E-state index is 10.5. The Morgan fingerprint density at radius 1 is 1.44 bits per heavy atom. The number of aliphatic carboxylic acids is 1. The van der Waals surface area contributed by atoms with Crippen LogP contribution in [0, 0.1) is 6.92 Å². The topological polar surface area (TPSA) is 55.1 Å². The molecule has 0 saturated carbocycles. The average Bonchev–Trinajstić information content (AvgIpc) is 2.79. The molecule has 5 heteroatoms. The number of aromatic nitrogens is 2. The largest absolute Gasteiger partial charge is 0.481 e. The molecule has 0 aliphatic carbocycles. The second-order valence-electron chi connectivity index (χ2n) is 4.08. The molecule has 0 aliphatic rings. The number of carboxylic acid groups (broad SMARTS) is 1. The van der Waals surface area contributed by atoms with Gasteiger partial charge in [-0.25, -0.2) is 4.68 Å². The van der Waals surface area contributed by atoms with Crippen LogP contribution in [0.3, 0.4) is 0 Å². The Bertz CT molecular complexity index is 578. The summed E-state index contributed by atoms with van der Waals surface area (Å²) in [4.78, 5) is 10.5. The molecular formula is C13H13ClN2O2. The molecule has 2 aromatic rings. The minimum atomic E-state index is -0.817. The van der Waals surface area contributed by atoms with Crippen LogP contribution in [-0.2, 0) is 11.2 Å². The molecule has 0 radical (unpaired) electrons. The Labute approximate surface area is 110 Å². The van der Waals surface area contributed by atoms with Gasteiger partial charge in [0.25, 0.3) is 0 Å². The zero-order valence-corrected chi connectivity index (χ0v) is 10.7. The summed E-state index contributed by atoms with van der Waals surface area (Å²) < 4.78 is 1.70. The molecule has 0 fully saturated rings. The molecule has 0 aliphatic heterocycles. The number of hydrogen-bond acceptors (Lipinski definition) is 2. The van der Waals surface area contributed by atoms with E-state index in [4.69, 9.17) is 16.7 Å². The minimum absolute atomic E-state index is 0.0890. The molecule has 0 spiro atoms. The van der Waals surface area contributed by atoms with Crippen LogP contribution in [0.1, 0.15) is 17.7 Å². The van der Waals surface area contributed by atoms with Crippen LogP contribution >= 0.6 is 11.6 Å². The molecule has 0 atom stereocenters. The van der Waals surface area contributed by atoms with E-state index in [2.05, 4.69) is 5.10 Å². The van der Waals surface area contributed by atoms with Crippen LogP contribution in [0.5, 0.6) is 0 Å². The highest BCUT2D eigenvalue weighted by atomic mass is 35.5. The molecule has 18 heavy (non-hydrogen) atoms. The second-order valence-corrected chi connectivity index (χ2v) is 4.49. The zero-order valence-electron chi connectivity index (χ0n) is 9.93. The number of hydrogen-bond donors (Lipinski definition) is 1. The van der Waals surface area contributed by atoms with E-state index in [0.29, 0.717) is 11.4 Å². The number of aryl methyl sites for hydroxylation is 2. The van der Waals surface area contributed by atoms with Crippen molar-refractivity contribution in [3.8, 4) is 5.69 Å². The van der Waals surface area contributed by atoms with E-state index in [1.54, 1.807) is 10.9 Å². The molecule has 1 heterocycles. The maximum Gasteiger partial charge on any atom is 0.303 e. The standard InChI is InChI=1S/C13H13ClN2O2/c1-9-2-4-11(8-12(9)14)16-7-6-10(15-16)3-5-13(17)18/h2,4,6-8H,3,5H2,1H3,(H,17,18). The first-order valence-electron chi connectivity index (χ1n) is 5.59. The van der Waals surface area contributed by atoms with E-state index in [1.165, 1.54) is 0 Å². The SMILES string of the molecule is Cc1ccc(-n2ccc(CCC(=O)O)n2)cc1Cl. The molecule has 1 aromatic carbocycles. The van der Waals surface area contributed by atoms with E-state index in [1.807, 2.05) is 31.2 Å². The smallest absolute Gasteiger partial charge is 0.303 e. The predicted octanol–water partition coefficient (Wildman–Crippen LogP) is 2.85. The molecule has 94 valence electrons. The summed E-state index contributed by atoms with van der Waals surface area (Å²) in [6.45, 7) is 1.94. The Morgan fingerprint density at radius 2 is 2.22 bits per heavy atom. The van der Waals surface area contributed by atoms with Gasteiger partial charge in [-0.1, -0.05) is 17.7 Å². The first-order chi connectivity index (χ1) is 8.56. The lowest BCUT2D eigenvalue weighted by Gasteiger charge is -2.03. The van der Waals surface area contributed by atoms with Gasteiger partial charge < -0.3 is 5.11 Å². The first-order valence-corrected chi connectivity index (χ1v) is 5.97. The van der Waals surface area contributed by atoms with Crippen molar-refractivity contribution in [2.24, 2.45) is 0 Å². The predicted molar refractivity (Wildman–Crippen MR) is 69.3 cm³/mol. The second kappa shape index (κ2) is 5.23. The van der Waals surface area contributed by atoms with E-state index < -0.39 is 5.97 Å². The summed E-state index contributed by atoms with van der Waals surface area (Å²) in [5.41, 5.74) is 2.64. The summed E-state index contributed by atoms with van der Waals surface area (Å²) in [7, 11) is 0. The van der Waals surface area contributed by atoms with Crippen molar-refractivity contribution in [2.45, 2.75) is 19.8 Å². The fourth-order valence-corrected chi connectivity index (χ4v) is 1.77. The van der Waals surface area contributed by atoms with Crippen molar-refractivity contribution in [3.63, 3.8) is 0 Å². The average molecular weight is 265 g/mol. The van der Waals surface area contributed by atoms with Gasteiger partial charge in [-0.3, -0.25) is 4.79 Å². The number of carboxylic acids is 1. The molecule has 0 amide bonds. The molecule has 1 aromatic heterocycles. The maximum atomic E-state index is 10.5. The Hall–Kier alpha value is -1.81.